The molecule has 3 nitrogen and oxygen atoms in total. The molecule has 33 heavy (non-hydrogen) atoms. The van der Waals surface area contributed by atoms with Gasteiger partial charge in [-0.25, -0.2) is 4.39 Å². The van der Waals surface area contributed by atoms with Crippen LogP contribution in [0.1, 0.15) is 30.4 Å². The molecule has 1 aliphatic rings. The minimum atomic E-state index is -0.176. The zero-order valence-corrected chi connectivity index (χ0v) is 18.6. The van der Waals surface area contributed by atoms with Crippen molar-refractivity contribution in [2.24, 2.45) is 5.92 Å². The van der Waals surface area contributed by atoms with E-state index in [-0.39, 0.29) is 18.1 Å². The van der Waals surface area contributed by atoms with Crippen LogP contribution in [0.3, 0.4) is 0 Å². The number of hydrogen-bond acceptors (Lipinski definition) is 2. The lowest BCUT2D eigenvalue weighted by Gasteiger charge is -2.14. The Morgan fingerprint density at radius 2 is 1.52 bits per heavy atom. The van der Waals surface area contributed by atoms with Crippen LogP contribution < -0.4 is 0 Å². The van der Waals surface area contributed by atoms with Crippen LogP contribution in [0.2, 0.25) is 0 Å². The van der Waals surface area contributed by atoms with E-state index in [0.717, 1.165) is 53.8 Å². The van der Waals surface area contributed by atoms with Crippen molar-refractivity contribution in [1.82, 2.24) is 9.78 Å². The van der Waals surface area contributed by atoms with E-state index in [9.17, 15) is 9.18 Å². The van der Waals surface area contributed by atoms with Gasteiger partial charge in [-0.1, -0.05) is 66.7 Å². The summed E-state index contributed by atoms with van der Waals surface area (Å²) in [6.45, 7) is 0.259. The first kappa shape index (κ1) is 21.3. The van der Waals surface area contributed by atoms with Gasteiger partial charge in [0.25, 0.3) is 0 Å². The second-order valence-electron chi connectivity index (χ2n) is 8.90. The van der Waals surface area contributed by atoms with Gasteiger partial charge in [0.2, 0.25) is 0 Å². The predicted molar refractivity (Wildman–Crippen MR) is 129 cm³/mol. The molecule has 0 fully saturated rings. The SMILES string of the molecule is O=C(CC1CCc2ccc(F)cc2CC1)Cn1nc(-c2ccccc2)cc1-c1ccccc1. The molecule has 0 amide bonds. The van der Waals surface area contributed by atoms with E-state index in [2.05, 4.69) is 18.2 Å². The summed E-state index contributed by atoms with van der Waals surface area (Å²) in [7, 11) is 0. The lowest BCUT2D eigenvalue weighted by Crippen LogP contribution is -2.16. The van der Waals surface area contributed by atoms with Gasteiger partial charge in [-0.3, -0.25) is 9.48 Å². The maximum atomic E-state index is 13.6. The summed E-state index contributed by atoms with van der Waals surface area (Å²) in [4.78, 5) is 13.1. The molecule has 0 radical (unpaired) electrons. The highest BCUT2D eigenvalue weighted by Crippen LogP contribution is 2.29. The van der Waals surface area contributed by atoms with Gasteiger partial charge in [0.1, 0.15) is 12.4 Å². The predicted octanol–water partition coefficient (Wildman–Crippen LogP) is 6.51. The Kier molecular flexibility index (Phi) is 6.16. The molecule has 3 aromatic carbocycles. The number of carbonyl (C=O) groups excluding carboxylic acids is 1. The molecule has 1 unspecified atom stereocenters. The van der Waals surface area contributed by atoms with Crippen molar-refractivity contribution in [3.05, 3.63) is 102 Å². The number of ketones is 1. The van der Waals surface area contributed by atoms with Crippen molar-refractivity contribution in [3.63, 3.8) is 0 Å². The summed E-state index contributed by atoms with van der Waals surface area (Å²) in [6.07, 6.45) is 4.15. The molecule has 1 atom stereocenters. The second-order valence-corrected chi connectivity index (χ2v) is 8.90. The van der Waals surface area contributed by atoms with E-state index >= 15 is 0 Å². The molecule has 1 aliphatic carbocycles. The van der Waals surface area contributed by atoms with E-state index in [0.29, 0.717) is 12.3 Å². The Labute approximate surface area is 193 Å². The molecule has 0 saturated heterocycles. The maximum absolute atomic E-state index is 13.6. The maximum Gasteiger partial charge on any atom is 0.154 e. The molecule has 0 N–H and O–H groups in total. The molecule has 0 saturated carbocycles. The van der Waals surface area contributed by atoms with Gasteiger partial charge >= 0.3 is 0 Å². The van der Waals surface area contributed by atoms with Crippen LogP contribution in [-0.4, -0.2) is 15.6 Å². The molecule has 0 spiro atoms. The van der Waals surface area contributed by atoms with Crippen LogP contribution in [0.5, 0.6) is 0 Å². The summed E-state index contributed by atoms with van der Waals surface area (Å²) in [5, 5.41) is 4.80. The quantitative estimate of drug-likeness (QED) is 0.322. The summed E-state index contributed by atoms with van der Waals surface area (Å²) >= 11 is 0. The zero-order chi connectivity index (χ0) is 22.6. The third kappa shape index (κ3) is 4.95. The zero-order valence-electron chi connectivity index (χ0n) is 18.6. The average Bonchev–Trinajstić information content (AvgIpc) is 3.16. The number of fused-ring (bicyclic) bond motifs is 1. The Morgan fingerprint density at radius 1 is 0.848 bits per heavy atom. The molecule has 166 valence electrons. The highest BCUT2D eigenvalue weighted by Gasteiger charge is 2.21. The molecule has 0 bridgehead atoms. The number of halogens is 1. The summed E-state index contributed by atoms with van der Waals surface area (Å²) < 4.78 is 15.5. The van der Waals surface area contributed by atoms with Crippen LogP contribution in [0, 0.1) is 11.7 Å². The van der Waals surface area contributed by atoms with Gasteiger partial charge in [-0.05, 0) is 66.5 Å². The number of rotatable bonds is 6. The number of Topliss-reactive ketones (excluding diaryl/α,β-unsaturated/α-hetero) is 1. The van der Waals surface area contributed by atoms with Gasteiger partial charge in [0.05, 0.1) is 11.4 Å². The van der Waals surface area contributed by atoms with Gasteiger partial charge in [-0.15, -0.1) is 0 Å². The van der Waals surface area contributed by atoms with E-state index in [4.69, 9.17) is 5.10 Å². The average molecular weight is 439 g/mol. The first-order valence-electron chi connectivity index (χ1n) is 11.6. The molecule has 1 heterocycles. The van der Waals surface area contributed by atoms with Crippen LogP contribution in [-0.2, 0) is 24.2 Å². The first-order valence-corrected chi connectivity index (χ1v) is 11.6. The molecule has 5 rings (SSSR count). The van der Waals surface area contributed by atoms with Gasteiger partial charge in [-0.2, -0.15) is 5.10 Å². The van der Waals surface area contributed by atoms with E-state index in [1.54, 1.807) is 6.07 Å². The van der Waals surface area contributed by atoms with Crippen molar-refractivity contribution in [2.75, 3.05) is 0 Å². The molecular formula is C29H27FN2O. The van der Waals surface area contributed by atoms with Gasteiger partial charge in [0, 0.05) is 12.0 Å². The third-order valence-electron chi connectivity index (χ3n) is 6.57. The standard InChI is InChI=1S/C29H27FN2O/c30-26-16-15-22-13-11-21(12-14-25(22)18-26)17-27(33)20-32-29(24-9-5-2-6-10-24)19-28(31-32)23-7-3-1-4-8-23/h1-10,15-16,18-19,21H,11-14,17,20H2. The smallest absolute Gasteiger partial charge is 0.154 e. The summed E-state index contributed by atoms with van der Waals surface area (Å²) in [5.74, 6) is 0.332. The monoisotopic (exact) mass is 438 g/mol. The van der Waals surface area contributed by atoms with Crippen LogP contribution in [0.4, 0.5) is 4.39 Å². The minimum Gasteiger partial charge on any atom is -0.298 e. The highest BCUT2D eigenvalue weighted by atomic mass is 19.1. The summed E-state index contributed by atoms with van der Waals surface area (Å²) in [5.41, 5.74) is 6.22. The fourth-order valence-electron chi connectivity index (χ4n) is 4.82. The fourth-order valence-corrected chi connectivity index (χ4v) is 4.82. The largest absolute Gasteiger partial charge is 0.298 e. The van der Waals surface area contributed by atoms with Crippen molar-refractivity contribution < 1.29 is 9.18 Å². The molecular weight excluding hydrogens is 411 g/mol. The Hall–Kier alpha value is -3.53. The minimum absolute atomic E-state index is 0.176. The van der Waals surface area contributed by atoms with Gasteiger partial charge in [0.15, 0.2) is 5.78 Å². The molecule has 0 aliphatic heterocycles. The van der Waals surface area contributed by atoms with Crippen molar-refractivity contribution in [2.45, 2.75) is 38.6 Å². The molecule has 1 aromatic heterocycles. The van der Waals surface area contributed by atoms with Crippen LogP contribution in [0.15, 0.2) is 84.9 Å². The summed E-state index contributed by atoms with van der Waals surface area (Å²) in [6, 6.07) is 27.3. The Morgan fingerprint density at radius 3 is 2.24 bits per heavy atom. The Bertz CT molecular complexity index is 1250. The second kappa shape index (κ2) is 9.53. The van der Waals surface area contributed by atoms with Crippen LogP contribution >= 0.6 is 0 Å². The normalized spacial score (nSPS) is 15.6. The number of hydrogen-bond donors (Lipinski definition) is 0. The van der Waals surface area contributed by atoms with Crippen molar-refractivity contribution >= 4 is 5.78 Å². The van der Waals surface area contributed by atoms with E-state index < -0.39 is 0 Å². The third-order valence-corrected chi connectivity index (χ3v) is 6.57. The number of aromatic nitrogens is 2. The number of nitrogens with zero attached hydrogens (tertiary/aromatic N) is 2. The number of benzene rings is 3. The van der Waals surface area contributed by atoms with Gasteiger partial charge < -0.3 is 0 Å². The lowest BCUT2D eigenvalue weighted by atomic mass is 9.94. The van der Waals surface area contributed by atoms with Crippen molar-refractivity contribution in [1.29, 1.82) is 0 Å². The lowest BCUT2D eigenvalue weighted by molar-refractivity contribution is -0.120. The van der Waals surface area contributed by atoms with Crippen LogP contribution in [0.25, 0.3) is 22.5 Å². The molecule has 4 aromatic rings. The van der Waals surface area contributed by atoms with E-state index in [1.807, 2.05) is 59.3 Å². The fraction of sp³-hybridized carbons (Fsp3) is 0.241. The topological polar surface area (TPSA) is 34.9 Å². The highest BCUT2D eigenvalue weighted by molar-refractivity contribution is 5.80. The number of aryl methyl sites for hydroxylation is 2. The van der Waals surface area contributed by atoms with E-state index in [1.165, 1.54) is 11.6 Å². The Balaban J connectivity index is 1.33. The number of carbonyl (C=O) groups is 1. The van der Waals surface area contributed by atoms with Crippen molar-refractivity contribution in [3.8, 4) is 22.5 Å². The molecule has 4 heteroatoms. The first-order chi connectivity index (χ1) is 16.2.